The number of piperazine rings is 1. The second-order valence-corrected chi connectivity index (χ2v) is 6.44. The lowest BCUT2D eigenvalue weighted by molar-refractivity contribution is -0.131. The third-order valence-corrected chi connectivity index (χ3v) is 4.53. The Balaban J connectivity index is 0.00000364. The van der Waals surface area contributed by atoms with Crippen molar-refractivity contribution >= 4 is 41.7 Å². The lowest BCUT2D eigenvalue weighted by Crippen LogP contribution is -2.49. The zero-order valence-electron chi connectivity index (χ0n) is 16.5. The maximum atomic E-state index is 12.4. The van der Waals surface area contributed by atoms with Gasteiger partial charge in [0.15, 0.2) is 5.96 Å². The van der Waals surface area contributed by atoms with Gasteiger partial charge in [-0.2, -0.15) is 0 Å². The molecule has 27 heavy (non-hydrogen) atoms. The summed E-state index contributed by atoms with van der Waals surface area (Å²) in [5, 5.41) is 6.50. The molecule has 1 saturated heterocycles. The van der Waals surface area contributed by atoms with Crippen LogP contribution in [0.2, 0.25) is 0 Å². The molecule has 2 heterocycles. The molecule has 1 aromatic rings. The van der Waals surface area contributed by atoms with Gasteiger partial charge in [-0.3, -0.25) is 9.79 Å². The number of nitrogens with one attached hydrogen (secondary N) is 2. The summed E-state index contributed by atoms with van der Waals surface area (Å²) < 4.78 is 0. The molecular weight excluding hydrogens is 455 g/mol. The minimum absolute atomic E-state index is 0. The van der Waals surface area contributed by atoms with Crippen molar-refractivity contribution in [2.75, 3.05) is 51.2 Å². The number of anilines is 1. The Kier molecular flexibility index (Phi) is 11.8. The van der Waals surface area contributed by atoms with Gasteiger partial charge in [-0.15, -0.1) is 24.0 Å². The number of aliphatic imine (C=N–C) groups is 1. The summed E-state index contributed by atoms with van der Waals surface area (Å²) >= 11 is 0. The summed E-state index contributed by atoms with van der Waals surface area (Å²) in [5.41, 5.74) is 0. The fourth-order valence-electron chi connectivity index (χ4n) is 2.97. The molecule has 0 aliphatic carbocycles. The molecule has 8 heteroatoms. The van der Waals surface area contributed by atoms with Gasteiger partial charge in [-0.1, -0.05) is 25.8 Å². The second-order valence-electron chi connectivity index (χ2n) is 6.44. The largest absolute Gasteiger partial charge is 0.356 e. The first-order chi connectivity index (χ1) is 12.7. The van der Waals surface area contributed by atoms with Gasteiger partial charge in [0.25, 0.3) is 0 Å². The predicted octanol–water partition coefficient (Wildman–Crippen LogP) is 2.09. The Morgan fingerprint density at radius 2 is 1.89 bits per heavy atom. The van der Waals surface area contributed by atoms with Gasteiger partial charge >= 0.3 is 0 Å². The van der Waals surface area contributed by atoms with E-state index >= 15 is 0 Å². The van der Waals surface area contributed by atoms with Crippen LogP contribution >= 0.6 is 24.0 Å². The lowest BCUT2D eigenvalue weighted by atomic mass is 10.2. The van der Waals surface area contributed by atoms with E-state index in [-0.39, 0.29) is 29.9 Å². The maximum absolute atomic E-state index is 12.4. The van der Waals surface area contributed by atoms with Gasteiger partial charge in [0.05, 0.1) is 0 Å². The van der Waals surface area contributed by atoms with Crippen LogP contribution in [-0.2, 0) is 4.79 Å². The molecule has 0 spiro atoms. The molecule has 0 aromatic carbocycles. The van der Waals surface area contributed by atoms with Crippen molar-refractivity contribution in [3.63, 3.8) is 0 Å². The molecule has 0 atom stereocenters. The van der Waals surface area contributed by atoms with Crippen LogP contribution in [0, 0.1) is 0 Å². The highest BCUT2D eigenvalue weighted by Gasteiger charge is 2.21. The van der Waals surface area contributed by atoms with Crippen molar-refractivity contribution in [1.29, 1.82) is 0 Å². The number of carbonyl (C=O) groups is 1. The van der Waals surface area contributed by atoms with Crippen molar-refractivity contribution in [2.24, 2.45) is 4.99 Å². The van der Waals surface area contributed by atoms with E-state index in [1.54, 1.807) is 7.05 Å². The SMILES string of the molecule is CCCCCNC(=NC)NCCC(=O)N1CCN(c2ccccn2)CC1.I. The van der Waals surface area contributed by atoms with Crippen molar-refractivity contribution in [3.05, 3.63) is 24.4 Å². The number of aromatic nitrogens is 1. The van der Waals surface area contributed by atoms with Gasteiger partial charge in [0, 0.05) is 58.9 Å². The highest BCUT2D eigenvalue weighted by atomic mass is 127. The summed E-state index contributed by atoms with van der Waals surface area (Å²) in [6.45, 7) is 6.87. The van der Waals surface area contributed by atoms with E-state index in [1.165, 1.54) is 12.8 Å². The smallest absolute Gasteiger partial charge is 0.224 e. The first kappa shape index (κ1) is 23.5. The normalized spacial score (nSPS) is 14.5. The van der Waals surface area contributed by atoms with Crippen molar-refractivity contribution in [2.45, 2.75) is 32.6 Å². The summed E-state index contributed by atoms with van der Waals surface area (Å²) in [7, 11) is 1.76. The Bertz CT molecular complexity index is 561. The number of unbranched alkanes of at least 4 members (excludes halogenated alkanes) is 2. The van der Waals surface area contributed by atoms with E-state index in [1.807, 2.05) is 29.3 Å². The van der Waals surface area contributed by atoms with Gasteiger partial charge < -0.3 is 20.4 Å². The molecule has 1 fully saturated rings. The highest BCUT2D eigenvalue weighted by Crippen LogP contribution is 2.12. The van der Waals surface area contributed by atoms with Crippen molar-refractivity contribution in [3.8, 4) is 0 Å². The van der Waals surface area contributed by atoms with E-state index in [4.69, 9.17) is 0 Å². The van der Waals surface area contributed by atoms with Crippen molar-refractivity contribution in [1.82, 2.24) is 20.5 Å². The molecule has 0 radical (unpaired) electrons. The molecule has 2 N–H and O–H groups in total. The van der Waals surface area contributed by atoms with E-state index in [9.17, 15) is 4.79 Å². The van der Waals surface area contributed by atoms with Crippen LogP contribution in [0.3, 0.4) is 0 Å². The third-order valence-electron chi connectivity index (χ3n) is 4.53. The Morgan fingerprint density at radius 3 is 2.52 bits per heavy atom. The molecular formula is C19H33IN6O. The highest BCUT2D eigenvalue weighted by molar-refractivity contribution is 14.0. The van der Waals surface area contributed by atoms with Crippen molar-refractivity contribution < 1.29 is 4.79 Å². The molecule has 1 aliphatic rings. The van der Waals surface area contributed by atoms with Gasteiger partial charge in [-0.25, -0.2) is 4.98 Å². The number of carbonyl (C=O) groups excluding carboxylic acids is 1. The monoisotopic (exact) mass is 488 g/mol. The van der Waals surface area contributed by atoms with Crippen LogP contribution in [0.5, 0.6) is 0 Å². The zero-order valence-corrected chi connectivity index (χ0v) is 18.8. The molecule has 0 saturated carbocycles. The third kappa shape index (κ3) is 8.32. The Hall–Kier alpha value is -1.58. The second kappa shape index (κ2) is 13.6. The van der Waals surface area contributed by atoms with Crippen LogP contribution < -0.4 is 15.5 Å². The molecule has 7 nitrogen and oxygen atoms in total. The summed E-state index contributed by atoms with van der Waals surface area (Å²) in [6, 6.07) is 5.93. The van der Waals surface area contributed by atoms with Gasteiger partial charge in [-0.05, 0) is 18.6 Å². The topological polar surface area (TPSA) is 72.9 Å². The molecule has 1 amide bonds. The average molecular weight is 488 g/mol. The summed E-state index contributed by atoms with van der Waals surface area (Å²) in [4.78, 5) is 25.1. The molecule has 1 aliphatic heterocycles. The number of hydrogen-bond donors (Lipinski definition) is 2. The summed E-state index contributed by atoms with van der Waals surface area (Å²) in [6.07, 6.45) is 5.85. The Morgan fingerprint density at radius 1 is 1.15 bits per heavy atom. The average Bonchev–Trinajstić information content (AvgIpc) is 2.70. The molecule has 0 bridgehead atoms. The van der Waals surface area contributed by atoms with E-state index in [2.05, 4.69) is 32.4 Å². The minimum atomic E-state index is 0. The number of nitrogens with zero attached hydrogens (tertiary/aromatic N) is 4. The van der Waals surface area contributed by atoms with Crippen LogP contribution in [0.25, 0.3) is 0 Å². The summed E-state index contributed by atoms with van der Waals surface area (Å²) in [5.74, 6) is 1.95. The van der Waals surface area contributed by atoms with Crippen LogP contribution in [-0.4, -0.2) is 68.1 Å². The molecule has 0 unspecified atom stereocenters. The maximum Gasteiger partial charge on any atom is 0.224 e. The number of hydrogen-bond acceptors (Lipinski definition) is 4. The zero-order chi connectivity index (χ0) is 18.6. The van der Waals surface area contributed by atoms with Gasteiger partial charge in [0.1, 0.15) is 5.82 Å². The quantitative estimate of drug-likeness (QED) is 0.254. The van der Waals surface area contributed by atoms with E-state index < -0.39 is 0 Å². The minimum Gasteiger partial charge on any atom is -0.356 e. The number of halogens is 1. The number of pyridine rings is 1. The number of amides is 1. The van der Waals surface area contributed by atoms with Crippen LogP contribution in [0.4, 0.5) is 5.82 Å². The fourth-order valence-corrected chi connectivity index (χ4v) is 2.97. The molecule has 2 rings (SSSR count). The van der Waals surface area contributed by atoms with Gasteiger partial charge in [0.2, 0.25) is 5.91 Å². The number of guanidine groups is 1. The standard InChI is InChI=1S/C19H32N6O.HI/c1-3-4-6-11-22-19(20-2)23-12-9-18(26)25-15-13-24(14-16-25)17-8-5-7-10-21-17;/h5,7-8,10H,3-4,6,9,11-16H2,1-2H3,(H2,20,22,23);1H. The molecule has 1 aromatic heterocycles. The lowest BCUT2D eigenvalue weighted by Gasteiger charge is -2.35. The first-order valence-corrected chi connectivity index (χ1v) is 9.63. The Labute approximate surface area is 180 Å². The predicted molar refractivity (Wildman–Crippen MR) is 122 cm³/mol. The van der Waals surface area contributed by atoms with Crippen LogP contribution in [0.1, 0.15) is 32.6 Å². The number of rotatable bonds is 8. The fraction of sp³-hybridized carbons (Fsp3) is 0.632. The van der Waals surface area contributed by atoms with Crippen LogP contribution in [0.15, 0.2) is 29.4 Å². The van der Waals surface area contributed by atoms with E-state index in [0.717, 1.165) is 50.9 Å². The first-order valence-electron chi connectivity index (χ1n) is 9.63. The van der Waals surface area contributed by atoms with E-state index in [0.29, 0.717) is 13.0 Å². The molecule has 152 valence electrons.